The van der Waals surface area contributed by atoms with Gasteiger partial charge in [-0.25, -0.2) is 0 Å². The number of hydrogen-bond donors (Lipinski definition) is 1. The normalized spacial score (nSPS) is 17.0. The Labute approximate surface area is 130 Å². The van der Waals surface area contributed by atoms with Crippen molar-refractivity contribution in [1.29, 1.82) is 0 Å². The van der Waals surface area contributed by atoms with Crippen LogP contribution in [0.25, 0.3) is 0 Å². The summed E-state index contributed by atoms with van der Waals surface area (Å²) in [5.74, 6) is 0. The Morgan fingerprint density at radius 2 is 2.05 bits per heavy atom. The van der Waals surface area contributed by atoms with Crippen LogP contribution in [0, 0.1) is 0 Å². The average molecular weight is 302 g/mol. The van der Waals surface area contributed by atoms with Gasteiger partial charge >= 0.3 is 0 Å². The fourth-order valence-electron chi connectivity index (χ4n) is 2.96. The lowest BCUT2D eigenvalue weighted by molar-refractivity contribution is 0.679. The number of anilines is 2. The molecule has 0 aliphatic carbocycles. The van der Waals surface area contributed by atoms with Crippen molar-refractivity contribution in [2.45, 2.75) is 12.6 Å². The molecule has 0 bridgehead atoms. The summed E-state index contributed by atoms with van der Waals surface area (Å²) in [6, 6.07) is 14.8. The second kappa shape index (κ2) is 5.58. The molecule has 1 aliphatic heterocycles. The summed E-state index contributed by atoms with van der Waals surface area (Å²) in [5.41, 5.74) is 11.0. The van der Waals surface area contributed by atoms with Crippen molar-refractivity contribution in [3.8, 4) is 0 Å². The van der Waals surface area contributed by atoms with Crippen molar-refractivity contribution in [1.82, 2.24) is 0 Å². The minimum atomic E-state index is 0.191. The predicted molar refractivity (Wildman–Crippen MR) is 90.2 cm³/mol. The SMILES string of the molecule is CN(C)c1cccc(N2Cc3ccc(Cl)cc3C2CN)c1. The van der Waals surface area contributed by atoms with Crippen molar-refractivity contribution in [3.05, 3.63) is 58.6 Å². The summed E-state index contributed by atoms with van der Waals surface area (Å²) in [7, 11) is 4.11. The first-order chi connectivity index (χ1) is 10.1. The van der Waals surface area contributed by atoms with E-state index < -0.39 is 0 Å². The van der Waals surface area contributed by atoms with E-state index in [1.54, 1.807) is 0 Å². The topological polar surface area (TPSA) is 32.5 Å². The number of nitrogens with zero attached hydrogens (tertiary/aromatic N) is 2. The van der Waals surface area contributed by atoms with Crippen molar-refractivity contribution in [2.24, 2.45) is 5.73 Å². The molecule has 0 fully saturated rings. The molecule has 0 spiro atoms. The maximum atomic E-state index is 6.14. The second-order valence-corrected chi connectivity index (χ2v) is 6.07. The minimum Gasteiger partial charge on any atom is -0.378 e. The van der Waals surface area contributed by atoms with Crippen LogP contribution < -0.4 is 15.5 Å². The van der Waals surface area contributed by atoms with Crippen LogP contribution in [0.15, 0.2) is 42.5 Å². The highest BCUT2D eigenvalue weighted by Gasteiger charge is 2.29. The first-order valence-corrected chi connectivity index (χ1v) is 7.50. The lowest BCUT2D eigenvalue weighted by atomic mass is 10.1. The zero-order valence-electron chi connectivity index (χ0n) is 12.4. The van der Waals surface area contributed by atoms with Gasteiger partial charge in [-0.2, -0.15) is 0 Å². The Hall–Kier alpha value is -1.71. The van der Waals surface area contributed by atoms with E-state index in [9.17, 15) is 0 Å². The molecule has 110 valence electrons. The standard InChI is InChI=1S/C17H20ClN3/c1-20(2)14-4-3-5-15(9-14)21-11-12-6-7-13(18)8-16(12)17(21)10-19/h3-9,17H,10-11,19H2,1-2H3. The van der Waals surface area contributed by atoms with Crippen molar-refractivity contribution in [3.63, 3.8) is 0 Å². The molecule has 0 radical (unpaired) electrons. The molecule has 0 aromatic heterocycles. The molecule has 3 rings (SSSR count). The number of benzene rings is 2. The number of hydrogen-bond acceptors (Lipinski definition) is 3. The molecule has 4 heteroatoms. The van der Waals surface area contributed by atoms with E-state index in [-0.39, 0.29) is 6.04 Å². The van der Waals surface area contributed by atoms with Gasteiger partial charge in [0.15, 0.2) is 0 Å². The Morgan fingerprint density at radius 1 is 1.24 bits per heavy atom. The summed E-state index contributed by atoms with van der Waals surface area (Å²) in [6.45, 7) is 1.46. The second-order valence-electron chi connectivity index (χ2n) is 5.64. The number of nitrogens with two attached hydrogens (primary N) is 1. The molecule has 2 N–H and O–H groups in total. The monoisotopic (exact) mass is 301 g/mol. The van der Waals surface area contributed by atoms with Crippen LogP contribution in [0.4, 0.5) is 11.4 Å². The third kappa shape index (κ3) is 2.59. The van der Waals surface area contributed by atoms with Crippen LogP contribution in [-0.2, 0) is 6.54 Å². The fourth-order valence-corrected chi connectivity index (χ4v) is 3.14. The van der Waals surface area contributed by atoms with Crippen LogP contribution in [-0.4, -0.2) is 20.6 Å². The highest BCUT2D eigenvalue weighted by Crippen LogP contribution is 2.38. The van der Waals surface area contributed by atoms with Gasteiger partial charge in [-0.15, -0.1) is 0 Å². The van der Waals surface area contributed by atoms with Crippen molar-refractivity contribution < 1.29 is 0 Å². The van der Waals surface area contributed by atoms with Gasteiger partial charge in [0.1, 0.15) is 0 Å². The summed E-state index contributed by atoms with van der Waals surface area (Å²) in [6.07, 6.45) is 0. The third-order valence-corrected chi connectivity index (χ3v) is 4.32. The van der Waals surface area contributed by atoms with E-state index in [2.05, 4.69) is 54.2 Å². The Balaban J connectivity index is 1.99. The predicted octanol–water partition coefficient (Wildman–Crippen LogP) is 3.43. The third-order valence-electron chi connectivity index (χ3n) is 4.08. The Bertz CT molecular complexity index is 654. The van der Waals surface area contributed by atoms with Crippen LogP contribution >= 0.6 is 11.6 Å². The molecule has 0 amide bonds. The molecule has 2 aromatic rings. The van der Waals surface area contributed by atoms with E-state index in [0.717, 1.165) is 11.6 Å². The van der Waals surface area contributed by atoms with Crippen LogP contribution in [0.5, 0.6) is 0 Å². The summed E-state index contributed by atoms with van der Waals surface area (Å²) in [4.78, 5) is 4.47. The molecule has 2 aromatic carbocycles. The first-order valence-electron chi connectivity index (χ1n) is 7.12. The Morgan fingerprint density at radius 3 is 2.76 bits per heavy atom. The minimum absolute atomic E-state index is 0.191. The largest absolute Gasteiger partial charge is 0.378 e. The lowest BCUT2D eigenvalue weighted by Gasteiger charge is -2.27. The smallest absolute Gasteiger partial charge is 0.0672 e. The highest BCUT2D eigenvalue weighted by molar-refractivity contribution is 6.30. The van der Waals surface area contributed by atoms with E-state index in [1.165, 1.54) is 22.5 Å². The summed E-state index contributed by atoms with van der Waals surface area (Å²) >= 11 is 6.14. The zero-order valence-corrected chi connectivity index (χ0v) is 13.1. The van der Waals surface area contributed by atoms with Gasteiger partial charge in [-0.1, -0.05) is 23.7 Å². The molecule has 1 atom stereocenters. The van der Waals surface area contributed by atoms with Crippen LogP contribution in [0.3, 0.4) is 0 Å². The first kappa shape index (κ1) is 14.2. The molecule has 0 saturated carbocycles. The van der Waals surface area contributed by atoms with Gasteiger partial charge in [0.25, 0.3) is 0 Å². The molecule has 0 saturated heterocycles. The maximum absolute atomic E-state index is 6.14. The molecule has 1 aliphatic rings. The summed E-state index contributed by atoms with van der Waals surface area (Å²) < 4.78 is 0. The van der Waals surface area contributed by atoms with Crippen molar-refractivity contribution in [2.75, 3.05) is 30.4 Å². The molecule has 1 heterocycles. The van der Waals surface area contributed by atoms with E-state index >= 15 is 0 Å². The number of rotatable bonds is 3. The van der Waals surface area contributed by atoms with Gasteiger partial charge in [-0.05, 0) is 41.5 Å². The summed E-state index contributed by atoms with van der Waals surface area (Å²) in [5, 5.41) is 0.774. The van der Waals surface area contributed by atoms with Gasteiger partial charge in [-0.3, -0.25) is 0 Å². The highest BCUT2D eigenvalue weighted by atomic mass is 35.5. The Kier molecular flexibility index (Phi) is 3.79. The van der Waals surface area contributed by atoms with Crippen LogP contribution in [0.1, 0.15) is 17.2 Å². The van der Waals surface area contributed by atoms with E-state index in [4.69, 9.17) is 17.3 Å². The molecule has 21 heavy (non-hydrogen) atoms. The van der Waals surface area contributed by atoms with Gasteiger partial charge < -0.3 is 15.5 Å². The lowest BCUT2D eigenvalue weighted by Crippen LogP contribution is -2.27. The number of halogens is 1. The maximum Gasteiger partial charge on any atom is 0.0672 e. The molecule has 3 nitrogen and oxygen atoms in total. The molecule has 1 unspecified atom stereocenters. The van der Waals surface area contributed by atoms with Gasteiger partial charge in [0.05, 0.1) is 6.04 Å². The molecular weight excluding hydrogens is 282 g/mol. The van der Waals surface area contributed by atoms with Gasteiger partial charge in [0.2, 0.25) is 0 Å². The van der Waals surface area contributed by atoms with Gasteiger partial charge in [0, 0.05) is 43.6 Å². The van der Waals surface area contributed by atoms with E-state index in [0.29, 0.717) is 6.54 Å². The zero-order chi connectivity index (χ0) is 15.0. The number of fused-ring (bicyclic) bond motifs is 1. The van der Waals surface area contributed by atoms with Crippen LogP contribution in [0.2, 0.25) is 5.02 Å². The quantitative estimate of drug-likeness (QED) is 0.943. The fraction of sp³-hybridized carbons (Fsp3) is 0.294. The van der Waals surface area contributed by atoms with Crippen molar-refractivity contribution >= 4 is 23.0 Å². The van der Waals surface area contributed by atoms with E-state index in [1.807, 2.05) is 12.1 Å². The average Bonchev–Trinajstić information content (AvgIpc) is 2.85. The molecular formula is C17H20ClN3.